The summed E-state index contributed by atoms with van der Waals surface area (Å²) in [5.74, 6) is -0.163. The van der Waals surface area contributed by atoms with Crippen LogP contribution in [0.5, 0.6) is 0 Å². The van der Waals surface area contributed by atoms with Crippen LogP contribution in [0.3, 0.4) is 0 Å². The number of benzene rings is 1. The van der Waals surface area contributed by atoms with Gasteiger partial charge in [-0.1, -0.05) is 0 Å². The molecule has 1 saturated heterocycles. The smallest absolute Gasteiger partial charge is 0.414 e. The van der Waals surface area contributed by atoms with E-state index < -0.39 is 6.09 Å². The van der Waals surface area contributed by atoms with Crippen LogP contribution in [0.25, 0.3) is 5.69 Å². The molecule has 136 valence electrons. The lowest BCUT2D eigenvalue weighted by Gasteiger charge is -2.18. The fourth-order valence-electron chi connectivity index (χ4n) is 3.07. The molecule has 3 rings (SSSR count). The Labute approximate surface area is 150 Å². The van der Waals surface area contributed by atoms with Crippen molar-refractivity contribution in [1.29, 1.82) is 0 Å². The van der Waals surface area contributed by atoms with Gasteiger partial charge in [0, 0.05) is 18.8 Å². The first kappa shape index (κ1) is 17.7. The van der Waals surface area contributed by atoms with Gasteiger partial charge in [-0.2, -0.15) is 5.10 Å². The van der Waals surface area contributed by atoms with E-state index in [2.05, 4.69) is 10.4 Å². The highest BCUT2D eigenvalue weighted by molar-refractivity contribution is 5.90. The molecule has 0 radical (unpaired) electrons. The Morgan fingerprint density at radius 3 is 2.65 bits per heavy atom. The second-order valence-electron chi connectivity index (χ2n) is 6.32. The Morgan fingerprint density at radius 1 is 1.38 bits per heavy atom. The zero-order valence-corrected chi connectivity index (χ0v) is 14.9. The maximum Gasteiger partial charge on any atom is 0.414 e. The second-order valence-corrected chi connectivity index (χ2v) is 6.32. The van der Waals surface area contributed by atoms with Gasteiger partial charge in [0.15, 0.2) is 6.29 Å². The van der Waals surface area contributed by atoms with E-state index in [1.165, 1.54) is 13.1 Å². The summed E-state index contributed by atoms with van der Waals surface area (Å²) < 4.78 is 6.96. The van der Waals surface area contributed by atoms with E-state index in [0.717, 1.165) is 28.8 Å². The number of aromatic nitrogens is 2. The molecular weight excluding hydrogens is 336 g/mol. The number of cyclic esters (lactones) is 1. The number of nitrogens with one attached hydrogen (secondary N) is 1. The van der Waals surface area contributed by atoms with Crippen LogP contribution in [0.2, 0.25) is 0 Å². The van der Waals surface area contributed by atoms with Gasteiger partial charge in [0.05, 0.1) is 30.5 Å². The van der Waals surface area contributed by atoms with Crippen LogP contribution < -0.4 is 10.2 Å². The Balaban J connectivity index is 1.84. The van der Waals surface area contributed by atoms with Gasteiger partial charge in [-0.15, -0.1) is 0 Å². The van der Waals surface area contributed by atoms with Crippen molar-refractivity contribution in [3.05, 3.63) is 41.2 Å². The third-order valence-electron chi connectivity index (χ3n) is 4.21. The molecule has 1 N–H and O–H groups in total. The lowest BCUT2D eigenvalue weighted by Crippen LogP contribution is -2.33. The number of nitrogens with zero attached hydrogens (tertiary/aromatic N) is 3. The van der Waals surface area contributed by atoms with Gasteiger partial charge in [-0.3, -0.25) is 14.5 Å². The summed E-state index contributed by atoms with van der Waals surface area (Å²) in [4.78, 5) is 35.6. The Morgan fingerprint density at radius 2 is 2.08 bits per heavy atom. The maximum absolute atomic E-state index is 12.2. The molecule has 0 saturated carbocycles. The first-order valence-electron chi connectivity index (χ1n) is 8.23. The summed E-state index contributed by atoms with van der Waals surface area (Å²) in [6, 6.07) is 3.76. The van der Waals surface area contributed by atoms with Gasteiger partial charge in [0.25, 0.3) is 0 Å². The van der Waals surface area contributed by atoms with Gasteiger partial charge < -0.3 is 10.1 Å². The molecule has 2 heterocycles. The standard InChI is InChI=1S/C18H20N4O4/c1-11-4-15(21-9-16(26-18(21)25)7-19-13(3)24)5-12(2)17(11)22-8-14(10-23)6-20-22/h4-6,8,10,16H,7,9H2,1-3H3,(H,19,24)/t16-/m0/s1. The number of carbonyl (C=O) groups excluding carboxylic acids is 3. The van der Waals surface area contributed by atoms with E-state index in [1.807, 2.05) is 26.0 Å². The molecule has 1 atom stereocenters. The van der Waals surface area contributed by atoms with Crippen LogP contribution in [-0.2, 0) is 9.53 Å². The molecular formula is C18H20N4O4. The third-order valence-corrected chi connectivity index (χ3v) is 4.21. The van der Waals surface area contributed by atoms with Crippen LogP contribution in [0.1, 0.15) is 28.4 Å². The van der Waals surface area contributed by atoms with E-state index in [1.54, 1.807) is 15.8 Å². The minimum atomic E-state index is -0.436. The summed E-state index contributed by atoms with van der Waals surface area (Å²) in [5, 5.41) is 6.87. The minimum absolute atomic E-state index is 0.163. The molecule has 0 aliphatic carbocycles. The Hall–Kier alpha value is -3.16. The van der Waals surface area contributed by atoms with Crippen molar-refractivity contribution in [2.75, 3.05) is 18.0 Å². The molecule has 2 aromatic rings. The van der Waals surface area contributed by atoms with Crippen LogP contribution >= 0.6 is 0 Å². The van der Waals surface area contributed by atoms with Gasteiger partial charge in [0.2, 0.25) is 5.91 Å². The number of aryl methyl sites for hydroxylation is 2. The first-order valence-corrected chi connectivity index (χ1v) is 8.23. The van der Waals surface area contributed by atoms with Gasteiger partial charge in [0.1, 0.15) is 6.10 Å². The molecule has 26 heavy (non-hydrogen) atoms. The number of amides is 2. The van der Waals surface area contributed by atoms with Gasteiger partial charge >= 0.3 is 6.09 Å². The van der Waals surface area contributed by atoms with Crippen LogP contribution in [0.4, 0.5) is 10.5 Å². The Kier molecular flexibility index (Phi) is 4.75. The summed E-state index contributed by atoms with van der Waals surface area (Å²) >= 11 is 0. The SMILES string of the molecule is CC(=O)NC[C@H]1CN(c2cc(C)c(-n3cc(C=O)cn3)c(C)c2)C(=O)O1. The van der Waals surface area contributed by atoms with Crippen molar-refractivity contribution in [3.63, 3.8) is 0 Å². The predicted octanol–water partition coefficient (Wildman–Crippen LogP) is 1.76. The molecule has 1 aromatic carbocycles. The lowest BCUT2D eigenvalue weighted by molar-refractivity contribution is -0.119. The summed E-state index contributed by atoms with van der Waals surface area (Å²) in [7, 11) is 0. The lowest BCUT2D eigenvalue weighted by atomic mass is 10.1. The highest BCUT2D eigenvalue weighted by Crippen LogP contribution is 2.28. The fraction of sp³-hybridized carbons (Fsp3) is 0.333. The maximum atomic E-state index is 12.2. The highest BCUT2D eigenvalue weighted by Gasteiger charge is 2.32. The number of carbonyl (C=O) groups is 3. The second kappa shape index (κ2) is 6.99. The van der Waals surface area contributed by atoms with E-state index in [4.69, 9.17) is 4.74 Å². The molecule has 1 aliphatic heterocycles. The van der Waals surface area contributed by atoms with Gasteiger partial charge in [-0.25, -0.2) is 9.48 Å². The molecule has 1 aromatic heterocycles. The molecule has 0 unspecified atom stereocenters. The molecule has 0 spiro atoms. The van der Waals surface area contributed by atoms with E-state index >= 15 is 0 Å². The van der Waals surface area contributed by atoms with Crippen LogP contribution in [-0.4, -0.2) is 47.3 Å². The normalized spacial score (nSPS) is 16.5. The number of ether oxygens (including phenoxy) is 1. The molecule has 8 heteroatoms. The fourth-order valence-corrected chi connectivity index (χ4v) is 3.07. The van der Waals surface area contributed by atoms with E-state index in [0.29, 0.717) is 12.1 Å². The Bertz CT molecular complexity index is 851. The summed E-state index contributed by atoms with van der Waals surface area (Å²) in [5.41, 5.74) is 3.92. The van der Waals surface area contributed by atoms with Gasteiger partial charge in [-0.05, 0) is 37.1 Å². The predicted molar refractivity (Wildman–Crippen MR) is 94.7 cm³/mol. The number of aldehydes is 1. The van der Waals surface area contributed by atoms with Crippen molar-refractivity contribution in [3.8, 4) is 5.69 Å². The summed E-state index contributed by atoms with van der Waals surface area (Å²) in [6.07, 6.45) is 3.10. The average molecular weight is 356 g/mol. The number of rotatable bonds is 5. The number of hydrogen-bond donors (Lipinski definition) is 1. The van der Waals surface area contributed by atoms with Crippen LogP contribution in [0.15, 0.2) is 24.5 Å². The topological polar surface area (TPSA) is 93.5 Å². The average Bonchev–Trinajstić information content (AvgIpc) is 3.19. The van der Waals surface area contributed by atoms with E-state index in [-0.39, 0.29) is 18.6 Å². The minimum Gasteiger partial charge on any atom is -0.442 e. The highest BCUT2D eigenvalue weighted by atomic mass is 16.6. The number of anilines is 1. The third kappa shape index (κ3) is 3.44. The van der Waals surface area contributed by atoms with Crippen molar-refractivity contribution in [1.82, 2.24) is 15.1 Å². The zero-order chi connectivity index (χ0) is 18.8. The van der Waals surface area contributed by atoms with Crippen molar-refractivity contribution < 1.29 is 19.1 Å². The quantitative estimate of drug-likeness (QED) is 0.824. The molecule has 8 nitrogen and oxygen atoms in total. The van der Waals surface area contributed by atoms with E-state index in [9.17, 15) is 14.4 Å². The van der Waals surface area contributed by atoms with Crippen molar-refractivity contribution >= 4 is 24.0 Å². The summed E-state index contributed by atoms with van der Waals surface area (Å²) in [6.45, 7) is 5.92. The largest absolute Gasteiger partial charge is 0.442 e. The van der Waals surface area contributed by atoms with Crippen molar-refractivity contribution in [2.45, 2.75) is 26.9 Å². The van der Waals surface area contributed by atoms with Crippen LogP contribution in [0, 0.1) is 13.8 Å². The molecule has 1 fully saturated rings. The molecule has 0 bridgehead atoms. The monoisotopic (exact) mass is 356 g/mol. The molecule has 2 amide bonds. The first-order chi connectivity index (χ1) is 12.4. The zero-order valence-electron chi connectivity index (χ0n) is 14.9. The molecule has 1 aliphatic rings. The van der Waals surface area contributed by atoms with Crippen molar-refractivity contribution in [2.24, 2.45) is 0 Å². The number of hydrogen-bond acceptors (Lipinski definition) is 5.